The topological polar surface area (TPSA) is 96.1 Å². The molecule has 0 aromatic carbocycles. The van der Waals surface area contributed by atoms with E-state index < -0.39 is 0 Å². The summed E-state index contributed by atoms with van der Waals surface area (Å²) in [7, 11) is 0. The van der Waals surface area contributed by atoms with Gasteiger partial charge in [-0.3, -0.25) is 9.97 Å². The minimum Gasteiger partial charge on any atom is -0.345 e. The van der Waals surface area contributed by atoms with E-state index in [-0.39, 0.29) is 0 Å². The molecule has 0 unspecified atom stereocenters. The first-order valence-electron chi connectivity index (χ1n) is 7.54. The summed E-state index contributed by atoms with van der Waals surface area (Å²) < 4.78 is 1.74. The first kappa shape index (κ1) is 16.1. The summed E-state index contributed by atoms with van der Waals surface area (Å²) in [6.07, 6.45) is 13.9. The number of pyridine rings is 2. The van der Waals surface area contributed by atoms with Gasteiger partial charge < -0.3 is 9.55 Å². The average molecular weight is 329 g/mol. The molecule has 0 spiro atoms. The van der Waals surface area contributed by atoms with Crippen molar-refractivity contribution in [2.24, 2.45) is 0 Å². The molecule has 4 aromatic heterocycles. The van der Waals surface area contributed by atoms with Gasteiger partial charge in [-0.2, -0.15) is 5.26 Å². The molecule has 0 aliphatic rings. The van der Waals surface area contributed by atoms with Crippen LogP contribution < -0.4 is 0 Å². The van der Waals surface area contributed by atoms with Gasteiger partial charge in [-0.1, -0.05) is 0 Å². The highest BCUT2D eigenvalue weighted by atomic mass is 15.0. The minimum absolute atomic E-state index is 0.327. The molecule has 122 valence electrons. The van der Waals surface area contributed by atoms with E-state index in [0.717, 1.165) is 22.5 Å². The Kier molecular flexibility index (Phi) is 5.26. The standard InChI is InChI=1S/C10H8N4.C8H7N3/c11-3-5-14-7-10(13-8-14)9-2-1-4-12-6-9;1-2-7(4-9-3-1)8-5-10-6-11-8/h1-2,4,6-8H,5H2;1-6H,(H,10,11). The van der Waals surface area contributed by atoms with Crippen LogP contribution in [0.15, 0.2) is 74.1 Å². The van der Waals surface area contributed by atoms with Crippen molar-refractivity contribution in [2.75, 3.05) is 0 Å². The predicted molar refractivity (Wildman–Crippen MR) is 92.9 cm³/mol. The first-order chi connectivity index (χ1) is 12.4. The van der Waals surface area contributed by atoms with Gasteiger partial charge in [0.15, 0.2) is 0 Å². The maximum Gasteiger partial charge on any atom is 0.111 e. The third kappa shape index (κ3) is 4.36. The van der Waals surface area contributed by atoms with Crippen molar-refractivity contribution in [2.45, 2.75) is 6.54 Å². The maximum absolute atomic E-state index is 8.49. The molecule has 4 rings (SSSR count). The smallest absolute Gasteiger partial charge is 0.111 e. The van der Waals surface area contributed by atoms with Crippen LogP contribution in [0.2, 0.25) is 0 Å². The van der Waals surface area contributed by atoms with Crippen molar-refractivity contribution in [1.29, 1.82) is 5.26 Å². The highest BCUT2D eigenvalue weighted by Gasteiger charge is 2.00. The molecule has 0 radical (unpaired) electrons. The lowest BCUT2D eigenvalue weighted by atomic mass is 10.2. The van der Waals surface area contributed by atoms with E-state index in [1.807, 2.05) is 30.5 Å². The van der Waals surface area contributed by atoms with Crippen LogP contribution in [0.4, 0.5) is 0 Å². The fourth-order valence-electron chi connectivity index (χ4n) is 2.13. The molecule has 0 aliphatic carbocycles. The zero-order chi connectivity index (χ0) is 17.3. The van der Waals surface area contributed by atoms with E-state index in [0.29, 0.717) is 6.54 Å². The molecule has 0 saturated heterocycles. The lowest BCUT2D eigenvalue weighted by Crippen LogP contribution is -1.89. The van der Waals surface area contributed by atoms with Crippen LogP contribution >= 0.6 is 0 Å². The Morgan fingerprint density at radius 1 is 1.00 bits per heavy atom. The van der Waals surface area contributed by atoms with E-state index in [1.54, 1.807) is 48.2 Å². The van der Waals surface area contributed by atoms with Crippen molar-refractivity contribution in [1.82, 2.24) is 29.5 Å². The predicted octanol–water partition coefficient (Wildman–Crippen LogP) is 2.94. The quantitative estimate of drug-likeness (QED) is 0.623. The number of imidazole rings is 2. The molecule has 0 fully saturated rings. The second kappa shape index (κ2) is 8.17. The summed E-state index contributed by atoms with van der Waals surface area (Å²) in [5.74, 6) is 0. The molecule has 1 N–H and O–H groups in total. The zero-order valence-electron chi connectivity index (χ0n) is 13.3. The average Bonchev–Trinajstić information content (AvgIpc) is 3.36. The Labute approximate surface area is 144 Å². The van der Waals surface area contributed by atoms with Crippen LogP contribution in [0.3, 0.4) is 0 Å². The number of H-pyrrole nitrogens is 1. The fraction of sp³-hybridized carbons (Fsp3) is 0.0556. The summed E-state index contributed by atoms with van der Waals surface area (Å²) >= 11 is 0. The molecule has 0 amide bonds. The highest BCUT2D eigenvalue weighted by molar-refractivity contribution is 5.56. The minimum atomic E-state index is 0.327. The lowest BCUT2D eigenvalue weighted by Gasteiger charge is -1.93. The summed E-state index contributed by atoms with van der Waals surface area (Å²) in [5, 5.41) is 8.49. The van der Waals surface area contributed by atoms with Gasteiger partial charge in [0.1, 0.15) is 6.54 Å². The van der Waals surface area contributed by atoms with Crippen molar-refractivity contribution in [3.05, 3.63) is 74.1 Å². The Balaban J connectivity index is 0.000000150. The summed E-state index contributed by atoms with van der Waals surface area (Å²) in [5.41, 5.74) is 3.86. The fourth-order valence-corrected chi connectivity index (χ4v) is 2.13. The van der Waals surface area contributed by atoms with Gasteiger partial charge >= 0.3 is 0 Å². The summed E-state index contributed by atoms with van der Waals surface area (Å²) in [6.45, 7) is 0.327. The van der Waals surface area contributed by atoms with E-state index in [4.69, 9.17) is 5.26 Å². The second-order valence-corrected chi connectivity index (χ2v) is 5.04. The third-order valence-electron chi connectivity index (χ3n) is 3.31. The summed E-state index contributed by atoms with van der Waals surface area (Å²) in [6, 6.07) is 9.74. The first-order valence-corrected chi connectivity index (χ1v) is 7.54. The Morgan fingerprint density at radius 3 is 2.36 bits per heavy atom. The molecular formula is C18H15N7. The molecule has 0 atom stereocenters. The van der Waals surface area contributed by atoms with E-state index in [2.05, 4.69) is 31.0 Å². The molecule has 4 heterocycles. The molecule has 0 saturated carbocycles. The monoisotopic (exact) mass is 329 g/mol. The second-order valence-electron chi connectivity index (χ2n) is 5.04. The van der Waals surface area contributed by atoms with Crippen molar-refractivity contribution < 1.29 is 0 Å². The number of rotatable bonds is 3. The number of hydrogen-bond donors (Lipinski definition) is 1. The molecule has 7 heteroatoms. The van der Waals surface area contributed by atoms with Gasteiger partial charge in [-0.05, 0) is 24.3 Å². The number of aromatic amines is 1. The van der Waals surface area contributed by atoms with Crippen LogP contribution in [-0.2, 0) is 6.54 Å². The number of nitriles is 1. The summed E-state index contributed by atoms with van der Waals surface area (Å²) in [4.78, 5) is 19.1. The molecule has 0 bridgehead atoms. The van der Waals surface area contributed by atoms with Crippen molar-refractivity contribution in [3.8, 4) is 28.6 Å². The number of nitrogens with one attached hydrogen (secondary N) is 1. The van der Waals surface area contributed by atoms with Gasteiger partial charge in [0.2, 0.25) is 0 Å². The van der Waals surface area contributed by atoms with Gasteiger partial charge in [-0.25, -0.2) is 9.97 Å². The molecular weight excluding hydrogens is 314 g/mol. The number of nitrogens with zero attached hydrogens (tertiary/aromatic N) is 6. The van der Waals surface area contributed by atoms with Gasteiger partial charge in [0.25, 0.3) is 0 Å². The Morgan fingerprint density at radius 2 is 1.76 bits per heavy atom. The van der Waals surface area contributed by atoms with Crippen LogP contribution in [0.5, 0.6) is 0 Å². The number of aromatic nitrogens is 6. The van der Waals surface area contributed by atoms with Crippen LogP contribution in [-0.4, -0.2) is 29.5 Å². The molecule has 0 aliphatic heterocycles. The number of hydrogen-bond acceptors (Lipinski definition) is 5. The van der Waals surface area contributed by atoms with Gasteiger partial charge in [-0.15, -0.1) is 0 Å². The largest absolute Gasteiger partial charge is 0.345 e. The van der Waals surface area contributed by atoms with Crippen LogP contribution in [0, 0.1) is 11.3 Å². The van der Waals surface area contributed by atoms with Crippen molar-refractivity contribution in [3.63, 3.8) is 0 Å². The van der Waals surface area contributed by atoms with Gasteiger partial charge in [0, 0.05) is 42.1 Å². The van der Waals surface area contributed by atoms with Gasteiger partial charge in [0.05, 0.1) is 36.3 Å². The van der Waals surface area contributed by atoms with Crippen LogP contribution in [0.1, 0.15) is 0 Å². The molecule has 7 nitrogen and oxygen atoms in total. The van der Waals surface area contributed by atoms with E-state index >= 15 is 0 Å². The highest BCUT2D eigenvalue weighted by Crippen LogP contribution is 2.14. The van der Waals surface area contributed by atoms with Crippen LogP contribution in [0.25, 0.3) is 22.5 Å². The lowest BCUT2D eigenvalue weighted by molar-refractivity contribution is 0.830. The van der Waals surface area contributed by atoms with E-state index in [1.165, 1.54) is 0 Å². The normalized spacial score (nSPS) is 9.72. The Hall–Kier alpha value is -3.79. The maximum atomic E-state index is 8.49. The molecule has 25 heavy (non-hydrogen) atoms. The van der Waals surface area contributed by atoms with Crippen molar-refractivity contribution >= 4 is 0 Å². The zero-order valence-corrected chi connectivity index (χ0v) is 13.3. The SMILES string of the molecule is N#CCn1cnc(-c2cccnc2)c1.c1cncc(-c2cnc[nH]2)c1. The van der Waals surface area contributed by atoms with E-state index in [9.17, 15) is 0 Å². The molecule has 4 aromatic rings. The third-order valence-corrected chi connectivity index (χ3v) is 3.31. The Bertz CT molecular complexity index is 922.